The predicted molar refractivity (Wildman–Crippen MR) is 99.6 cm³/mol. The lowest BCUT2D eigenvalue weighted by molar-refractivity contribution is -0.129. The van der Waals surface area contributed by atoms with Gasteiger partial charge in [0.1, 0.15) is 0 Å². The SMILES string of the molecule is CN=C(NCCN1CCOCC1C)N1CCN(C(C)(C)C(N)=O)CC1. The first-order chi connectivity index (χ1) is 11.9. The highest BCUT2D eigenvalue weighted by atomic mass is 16.5. The van der Waals surface area contributed by atoms with Crippen LogP contribution in [0.3, 0.4) is 0 Å². The van der Waals surface area contributed by atoms with Gasteiger partial charge in [-0.2, -0.15) is 0 Å². The number of nitrogens with one attached hydrogen (secondary N) is 1. The maximum atomic E-state index is 11.6. The van der Waals surface area contributed by atoms with Crippen LogP contribution in [-0.2, 0) is 9.53 Å². The van der Waals surface area contributed by atoms with Gasteiger partial charge in [0.15, 0.2) is 5.96 Å². The molecule has 0 saturated carbocycles. The van der Waals surface area contributed by atoms with E-state index in [9.17, 15) is 4.79 Å². The smallest absolute Gasteiger partial charge is 0.237 e. The third-order valence-electron chi connectivity index (χ3n) is 5.37. The number of amides is 1. The number of hydrogen-bond donors (Lipinski definition) is 2. The summed E-state index contributed by atoms with van der Waals surface area (Å²) in [5, 5.41) is 3.47. The van der Waals surface area contributed by atoms with Gasteiger partial charge in [-0.15, -0.1) is 0 Å². The van der Waals surface area contributed by atoms with Gasteiger partial charge in [-0.05, 0) is 20.8 Å². The zero-order valence-electron chi connectivity index (χ0n) is 16.1. The van der Waals surface area contributed by atoms with Gasteiger partial charge in [0, 0.05) is 58.9 Å². The standard InChI is InChI=1S/C17H34N6O2/c1-14-13-25-12-11-21(14)6-5-20-16(19-4)22-7-9-23(10-8-22)17(2,3)15(18)24/h14H,5-13H2,1-4H3,(H2,18,24)(H,19,20). The van der Waals surface area contributed by atoms with E-state index in [4.69, 9.17) is 10.5 Å². The Bertz CT molecular complexity index is 474. The second-order valence-electron chi connectivity index (χ2n) is 7.33. The first-order valence-corrected chi connectivity index (χ1v) is 9.18. The Balaban J connectivity index is 1.77. The highest BCUT2D eigenvalue weighted by Crippen LogP contribution is 2.16. The van der Waals surface area contributed by atoms with Crippen molar-refractivity contribution in [3.8, 4) is 0 Å². The number of guanidine groups is 1. The third-order valence-corrected chi connectivity index (χ3v) is 5.37. The van der Waals surface area contributed by atoms with Crippen molar-refractivity contribution in [3.63, 3.8) is 0 Å². The molecule has 25 heavy (non-hydrogen) atoms. The van der Waals surface area contributed by atoms with E-state index in [0.717, 1.165) is 65.0 Å². The fourth-order valence-corrected chi connectivity index (χ4v) is 3.37. The van der Waals surface area contributed by atoms with Gasteiger partial charge in [0.05, 0.1) is 18.8 Å². The van der Waals surface area contributed by atoms with Crippen molar-refractivity contribution in [1.29, 1.82) is 0 Å². The molecule has 2 rings (SSSR count). The number of primary amides is 1. The molecule has 144 valence electrons. The van der Waals surface area contributed by atoms with Gasteiger partial charge in [-0.1, -0.05) is 0 Å². The average molecular weight is 354 g/mol. The zero-order valence-corrected chi connectivity index (χ0v) is 16.1. The number of piperazine rings is 1. The molecule has 0 bridgehead atoms. The van der Waals surface area contributed by atoms with Crippen molar-refractivity contribution in [2.24, 2.45) is 10.7 Å². The van der Waals surface area contributed by atoms with E-state index >= 15 is 0 Å². The number of hydrogen-bond acceptors (Lipinski definition) is 5. The Labute approximate surface area is 151 Å². The molecule has 2 fully saturated rings. The lowest BCUT2D eigenvalue weighted by Gasteiger charge is -2.43. The molecule has 0 aromatic carbocycles. The molecule has 8 heteroatoms. The third kappa shape index (κ3) is 5.05. The molecule has 0 aromatic rings. The summed E-state index contributed by atoms with van der Waals surface area (Å²) in [6, 6.07) is 0.470. The van der Waals surface area contributed by atoms with Crippen LogP contribution < -0.4 is 11.1 Å². The average Bonchev–Trinajstić information content (AvgIpc) is 2.60. The first kappa shape index (κ1) is 19.9. The molecular formula is C17H34N6O2. The van der Waals surface area contributed by atoms with Crippen LogP contribution in [0.1, 0.15) is 20.8 Å². The van der Waals surface area contributed by atoms with Crippen LogP contribution in [0, 0.1) is 0 Å². The Morgan fingerprint density at radius 2 is 1.96 bits per heavy atom. The van der Waals surface area contributed by atoms with Crippen LogP contribution in [0.5, 0.6) is 0 Å². The topological polar surface area (TPSA) is 86.4 Å². The summed E-state index contributed by atoms with van der Waals surface area (Å²) in [5.41, 5.74) is 4.92. The molecule has 0 aromatic heterocycles. The molecule has 0 spiro atoms. The molecule has 2 saturated heterocycles. The number of nitrogens with two attached hydrogens (primary N) is 1. The Morgan fingerprint density at radius 3 is 2.52 bits per heavy atom. The minimum atomic E-state index is -0.602. The van der Waals surface area contributed by atoms with Crippen molar-refractivity contribution >= 4 is 11.9 Å². The number of nitrogens with zero attached hydrogens (tertiary/aromatic N) is 4. The fourth-order valence-electron chi connectivity index (χ4n) is 3.37. The van der Waals surface area contributed by atoms with E-state index in [0.29, 0.717) is 6.04 Å². The Kier molecular flexibility index (Phi) is 7.04. The second-order valence-corrected chi connectivity index (χ2v) is 7.33. The fraction of sp³-hybridized carbons (Fsp3) is 0.882. The summed E-state index contributed by atoms with van der Waals surface area (Å²) in [5.74, 6) is 0.653. The van der Waals surface area contributed by atoms with E-state index in [-0.39, 0.29) is 5.91 Å². The molecule has 1 unspecified atom stereocenters. The van der Waals surface area contributed by atoms with E-state index < -0.39 is 5.54 Å². The van der Waals surface area contributed by atoms with Crippen LogP contribution >= 0.6 is 0 Å². The summed E-state index contributed by atoms with van der Waals surface area (Å²) in [4.78, 5) is 22.9. The summed E-state index contributed by atoms with van der Waals surface area (Å²) in [6.07, 6.45) is 0. The normalized spacial score (nSPS) is 24.4. The minimum absolute atomic E-state index is 0.275. The maximum Gasteiger partial charge on any atom is 0.237 e. The number of rotatable bonds is 5. The van der Waals surface area contributed by atoms with Crippen molar-refractivity contribution in [2.45, 2.75) is 32.4 Å². The van der Waals surface area contributed by atoms with Crippen molar-refractivity contribution in [1.82, 2.24) is 20.0 Å². The lowest BCUT2D eigenvalue weighted by Crippen LogP contribution is -2.61. The number of carbonyl (C=O) groups excluding carboxylic acids is 1. The van der Waals surface area contributed by atoms with Gasteiger partial charge < -0.3 is 20.7 Å². The largest absolute Gasteiger partial charge is 0.379 e. The van der Waals surface area contributed by atoms with Crippen LogP contribution in [0.15, 0.2) is 4.99 Å². The molecule has 2 aliphatic heterocycles. The second kappa shape index (κ2) is 8.82. The van der Waals surface area contributed by atoms with Crippen molar-refractivity contribution < 1.29 is 9.53 Å². The van der Waals surface area contributed by atoms with Crippen LogP contribution in [0.2, 0.25) is 0 Å². The molecule has 1 amide bonds. The molecule has 0 aliphatic carbocycles. The lowest BCUT2D eigenvalue weighted by atomic mass is 10.0. The van der Waals surface area contributed by atoms with Crippen LogP contribution in [-0.4, -0.2) is 104 Å². The molecular weight excluding hydrogens is 320 g/mol. The van der Waals surface area contributed by atoms with E-state index in [1.807, 2.05) is 20.9 Å². The van der Waals surface area contributed by atoms with Gasteiger partial charge in [0.25, 0.3) is 0 Å². The summed E-state index contributed by atoms with van der Waals surface area (Å²) in [7, 11) is 1.82. The molecule has 0 radical (unpaired) electrons. The number of aliphatic imine (C=N–C) groups is 1. The first-order valence-electron chi connectivity index (χ1n) is 9.18. The van der Waals surface area contributed by atoms with Crippen molar-refractivity contribution in [2.75, 3.05) is 66.1 Å². The molecule has 1 atom stereocenters. The highest BCUT2D eigenvalue weighted by Gasteiger charge is 2.35. The molecule has 2 aliphatic rings. The Hall–Kier alpha value is -1.38. The summed E-state index contributed by atoms with van der Waals surface area (Å²) < 4.78 is 5.48. The number of carbonyl (C=O) groups is 1. The predicted octanol–water partition coefficient (Wildman–Crippen LogP) is -0.836. The minimum Gasteiger partial charge on any atom is -0.379 e. The summed E-state index contributed by atoms with van der Waals surface area (Å²) in [6.45, 7) is 13.7. The van der Waals surface area contributed by atoms with Gasteiger partial charge in [0.2, 0.25) is 5.91 Å². The maximum absolute atomic E-state index is 11.6. The van der Waals surface area contributed by atoms with Crippen LogP contribution in [0.25, 0.3) is 0 Å². The quantitative estimate of drug-likeness (QED) is 0.495. The highest BCUT2D eigenvalue weighted by molar-refractivity contribution is 5.84. The molecule has 8 nitrogen and oxygen atoms in total. The van der Waals surface area contributed by atoms with Crippen molar-refractivity contribution in [3.05, 3.63) is 0 Å². The number of ether oxygens (including phenoxy) is 1. The molecule has 3 N–H and O–H groups in total. The summed E-state index contributed by atoms with van der Waals surface area (Å²) >= 11 is 0. The van der Waals surface area contributed by atoms with Gasteiger partial charge in [-0.3, -0.25) is 19.6 Å². The zero-order chi connectivity index (χ0) is 18.4. The van der Waals surface area contributed by atoms with E-state index in [1.165, 1.54) is 0 Å². The van der Waals surface area contributed by atoms with Gasteiger partial charge >= 0.3 is 0 Å². The Morgan fingerprint density at radius 1 is 1.28 bits per heavy atom. The van der Waals surface area contributed by atoms with E-state index in [2.05, 4.69) is 31.9 Å². The van der Waals surface area contributed by atoms with Crippen LogP contribution in [0.4, 0.5) is 0 Å². The molecule has 2 heterocycles. The van der Waals surface area contributed by atoms with E-state index in [1.54, 1.807) is 0 Å². The number of morpholine rings is 1. The van der Waals surface area contributed by atoms with Gasteiger partial charge in [-0.25, -0.2) is 0 Å². The monoisotopic (exact) mass is 354 g/mol.